The van der Waals surface area contributed by atoms with Gasteiger partial charge in [0.1, 0.15) is 6.17 Å². The molecule has 0 bridgehead atoms. The molecule has 1 aromatic carbocycles. The van der Waals surface area contributed by atoms with Gasteiger partial charge in [-0.1, -0.05) is 32.1 Å². The number of likely N-dealkylation sites (N-methyl/N-ethyl adjacent to an activating group) is 1. The number of nitrogens with zero attached hydrogens (tertiary/aromatic N) is 3. The number of fused-ring (bicyclic) bond motifs is 3. The van der Waals surface area contributed by atoms with Crippen molar-refractivity contribution >= 4 is 11.5 Å². The van der Waals surface area contributed by atoms with E-state index in [-0.39, 0.29) is 0 Å². The quantitative estimate of drug-likeness (QED) is 0.722. The summed E-state index contributed by atoms with van der Waals surface area (Å²) in [5, 5.41) is 0. The van der Waals surface area contributed by atoms with E-state index in [0.717, 1.165) is 5.84 Å². The average molecular weight is 283 g/mol. The number of aryl methyl sites for hydroxylation is 1. The summed E-state index contributed by atoms with van der Waals surface area (Å²) in [6.45, 7) is 8.96. The lowest BCUT2D eigenvalue weighted by atomic mass is 9.81. The minimum absolute atomic E-state index is 0.360. The van der Waals surface area contributed by atoms with Gasteiger partial charge < -0.3 is 9.80 Å². The number of allylic oxidation sites excluding steroid dienone is 1. The summed E-state index contributed by atoms with van der Waals surface area (Å²) in [6.07, 6.45) is 2.53. The summed E-state index contributed by atoms with van der Waals surface area (Å²) in [4.78, 5) is 9.41. The normalized spacial score (nSPS) is 31.8. The van der Waals surface area contributed by atoms with E-state index in [1.165, 1.54) is 22.5 Å². The van der Waals surface area contributed by atoms with Crippen LogP contribution in [0, 0.1) is 12.8 Å². The van der Waals surface area contributed by atoms with E-state index in [2.05, 4.69) is 73.8 Å². The highest BCUT2D eigenvalue weighted by Crippen LogP contribution is 2.47. The van der Waals surface area contributed by atoms with Crippen molar-refractivity contribution in [1.29, 1.82) is 0 Å². The van der Waals surface area contributed by atoms with E-state index in [0.29, 0.717) is 18.0 Å². The Kier molecular flexibility index (Phi) is 3.31. The Morgan fingerprint density at radius 1 is 1.24 bits per heavy atom. The first-order chi connectivity index (χ1) is 10.0. The maximum absolute atomic E-state index is 4.60. The molecule has 0 aliphatic carbocycles. The van der Waals surface area contributed by atoms with E-state index in [1.807, 2.05) is 7.05 Å². The smallest absolute Gasteiger partial charge is 0.153 e. The van der Waals surface area contributed by atoms with Crippen LogP contribution < -0.4 is 4.90 Å². The van der Waals surface area contributed by atoms with Gasteiger partial charge in [0.05, 0.1) is 5.70 Å². The second-order valence-corrected chi connectivity index (χ2v) is 6.33. The van der Waals surface area contributed by atoms with Crippen molar-refractivity contribution in [3.05, 3.63) is 41.1 Å². The predicted molar refractivity (Wildman–Crippen MR) is 89.9 cm³/mol. The zero-order valence-corrected chi connectivity index (χ0v) is 13.9. The van der Waals surface area contributed by atoms with Crippen molar-refractivity contribution in [3.8, 4) is 0 Å². The van der Waals surface area contributed by atoms with Crippen LogP contribution in [0.5, 0.6) is 0 Å². The molecule has 21 heavy (non-hydrogen) atoms. The number of benzene rings is 1. The first-order valence-electron chi connectivity index (χ1n) is 7.77. The molecule has 3 rings (SSSR count). The molecular weight excluding hydrogens is 258 g/mol. The summed E-state index contributed by atoms with van der Waals surface area (Å²) >= 11 is 0. The Morgan fingerprint density at radius 3 is 2.57 bits per heavy atom. The highest BCUT2D eigenvalue weighted by Gasteiger charge is 2.47. The van der Waals surface area contributed by atoms with E-state index >= 15 is 0 Å². The van der Waals surface area contributed by atoms with Gasteiger partial charge >= 0.3 is 0 Å². The standard InChI is InChI=1S/C18H25N3/c1-7-15-17(19-5)21-16-10-11(2)8-9-14(16)12(3)13(4)18(21)20(15)6/h7-10,12-13,18H,1-6H3/b15-7+,19-17+. The zero-order chi connectivity index (χ0) is 15.3. The van der Waals surface area contributed by atoms with Crippen LogP contribution in [-0.2, 0) is 0 Å². The Hall–Kier alpha value is -1.77. The number of hydrogen-bond acceptors (Lipinski definition) is 2. The van der Waals surface area contributed by atoms with Crippen LogP contribution in [0.2, 0.25) is 0 Å². The van der Waals surface area contributed by atoms with Gasteiger partial charge in [0, 0.05) is 25.7 Å². The molecule has 1 aromatic rings. The van der Waals surface area contributed by atoms with Crippen molar-refractivity contribution < 1.29 is 0 Å². The van der Waals surface area contributed by atoms with Gasteiger partial charge in [-0.3, -0.25) is 4.99 Å². The highest BCUT2D eigenvalue weighted by atomic mass is 15.5. The fourth-order valence-electron chi connectivity index (χ4n) is 3.91. The van der Waals surface area contributed by atoms with Crippen molar-refractivity contribution in [2.75, 3.05) is 19.0 Å². The molecule has 0 N–H and O–H groups in total. The average Bonchev–Trinajstić information content (AvgIpc) is 2.76. The predicted octanol–water partition coefficient (Wildman–Crippen LogP) is 3.76. The largest absolute Gasteiger partial charge is 0.351 e. The summed E-state index contributed by atoms with van der Waals surface area (Å²) in [5.74, 6) is 2.20. The number of aliphatic imine (C=N–C) groups is 1. The molecule has 3 heteroatoms. The third kappa shape index (κ3) is 1.83. The van der Waals surface area contributed by atoms with Crippen molar-refractivity contribution in [2.45, 2.75) is 39.8 Å². The molecule has 3 atom stereocenters. The van der Waals surface area contributed by atoms with Crippen LogP contribution in [0.4, 0.5) is 5.69 Å². The zero-order valence-electron chi connectivity index (χ0n) is 13.9. The second-order valence-electron chi connectivity index (χ2n) is 6.33. The van der Waals surface area contributed by atoms with Gasteiger partial charge in [0.25, 0.3) is 0 Å². The lowest BCUT2D eigenvalue weighted by Gasteiger charge is -2.43. The third-order valence-corrected chi connectivity index (χ3v) is 5.18. The minimum atomic E-state index is 0.360. The molecule has 0 radical (unpaired) electrons. The number of amidine groups is 1. The summed E-state index contributed by atoms with van der Waals surface area (Å²) in [6, 6.07) is 6.83. The topological polar surface area (TPSA) is 18.8 Å². The molecule has 0 saturated carbocycles. The molecule has 0 aromatic heterocycles. The lowest BCUT2D eigenvalue weighted by Crippen LogP contribution is -2.48. The van der Waals surface area contributed by atoms with Crippen LogP contribution in [-0.4, -0.2) is 31.0 Å². The molecule has 1 saturated heterocycles. The Labute approximate surface area is 128 Å². The van der Waals surface area contributed by atoms with E-state index < -0.39 is 0 Å². The highest BCUT2D eigenvalue weighted by molar-refractivity contribution is 6.12. The molecule has 3 nitrogen and oxygen atoms in total. The number of rotatable bonds is 0. The molecule has 0 amide bonds. The van der Waals surface area contributed by atoms with Crippen molar-refractivity contribution in [2.24, 2.45) is 10.9 Å². The Balaban J connectivity index is 2.25. The monoisotopic (exact) mass is 283 g/mol. The van der Waals surface area contributed by atoms with Gasteiger partial charge in [-0.15, -0.1) is 0 Å². The molecule has 2 aliphatic heterocycles. The SMILES string of the molecule is C/C=C1\C(=N/C)N2c3cc(C)ccc3C(C)C(C)C2N1C. The van der Waals surface area contributed by atoms with E-state index in [4.69, 9.17) is 0 Å². The van der Waals surface area contributed by atoms with Crippen LogP contribution >= 0.6 is 0 Å². The first-order valence-corrected chi connectivity index (χ1v) is 7.77. The molecule has 112 valence electrons. The maximum atomic E-state index is 4.60. The maximum Gasteiger partial charge on any atom is 0.153 e. The summed E-state index contributed by atoms with van der Waals surface area (Å²) in [5.41, 5.74) is 5.31. The fraction of sp³-hybridized carbons (Fsp3) is 0.500. The molecule has 2 aliphatic rings. The van der Waals surface area contributed by atoms with Gasteiger partial charge in [-0.25, -0.2) is 0 Å². The van der Waals surface area contributed by atoms with Gasteiger partial charge in [0.15, 0.2) is 5.84 Å². The first kappa shape index (κ1) is 14.2. The van der Waals surface area contributed by atoms with Crippen LogP contribution in [0.25, 0.3) is 0 Å². The molecule has 3 unspecified atom stereocenters. The number of hydrogen-bond donors (Lipinski definition) is 0. The van der Waals surface area contributed by atoms with Gasteiger partial charge in [-0.2, -0.15) is 0 Å². The van der Waals surface area contributed by atoms with Gasteiger partial charge in [0.2, 0.25) is 0 Å². The molecular formula is C18H25N3. The molecule has 2 heterocycles. The molecule has 0 spiro atoms. The van der Waals surface area contributed by atoms with Crippen molar-refractivity contribution in [3.63, 3.8) is 0 Å². The van der Waals surface area contributed by atoms with E-state index in [1.54, 1.807) is 0 Å². The third-order valence-electron chi connectivity index (χ3n) is 5.18. The van der Waals surface area contributed by atoms with Gasteiger partial charge in [-0.05, 0) is 37.0 Å². The van der Waals surface area contributed by atoms with Crippen LogP contribution in [0.1, 0.15) is 37.8 Å². The minimum Gasteiger partial charge on any atom is -0.351 e. The molecule has 1 fully saturated rings. The number of anilines is 1. The summed E-state index contributed by atoms with van der Waals surface area (Å²) in [7, 11) is 4.09. The fourth-order valence-corrected chi connectivity index (χ4v) is 3.91. The Bertz CT molecular complexity index is 629. The van der Waals surface area contributed by atoms with Crippen LogP contribution in [0.3, 0.4) is 0 Å². The summed E-state index contributed by atoms with van der Waals surface area (Å²) < 4.78 is 0. The second kappa shape index (κ2) is 4.90. The lowest BCUT2D eigenvalue weighted by molar-refractivity contribution is 0.233. The van der Waals surface area contributed by atoms with Crippen LogP contribution in [0.15, 0.2) is 35.0 Å². The Morgan fingerprint density at radius 2 is 1.95 bits per heavy atom. The van der Waals surface area contributed by atoms with Crippen molar-refractivity contribution in [1.82, 2.24) is 4.90 Å². The van der Waals surface area contributed by atoms with E-state index in [9.17, 15) is 0 Å².